The third-order valence-electron chi connectivity index (χ3n) is 1.78. The zero-order valence-electron chi connectivity index (χ0n) is 6.25. The molecule has 0 bridgehead atoms. The van der Waals surface area contributed by atoms with Crippen LogP contribution in [-0.2, 0) is 9.47 Å². The number of hydrogen-bond acceptors (Lipinski definition) is 3. The first-order valence-electron chi connectivity index (χ1n) is 3.61. The third-order valence-corrected chi connectivity index (χ3v) is 1.78. The van der Waals surface area contributed by atoms with Crippen molar-refractivity contribution < 1.29 is 14.6 Å². The van der Waals surface area contributed by atoms with Crippen molar-refractivity contribution in [2.24, 2.45) is 0 Å². The van der Waals surface area contributed by atoms with E-state index in [0.29, 0.717) is 6.79 Å². The summed E-state index contributed by atoms with van der Waals surface area (Å²) in [5.41, 5.74) is 0. The van der Waals surface area contributed by atoms with Gasteiger partial charge in [-0.2, -0.15) is 0 Å². The summed E-state index contributed by atoms with van der Waals surface area (Å²) in [6, 6.07) is 0. The average Bonchev–Trinajstić information content (AvgIpc) is 2.31. The van der Waals surface area contributed by atoms with Gasteiger partial charge < -0.3 is 14.6 Å². The van der Waals surface area contributed by atoms with E-state index in [1.165, 1.54) is 0 Å². The first-order valence-corrected chi connectivity index (χ1v) is 3.61. The maximum absolute atomic E-state index is 9.08. The lowest BCUT2D eigenvalue weighted by molar-refractivity contribution is -0.0715. The summed E-state index contributed by atoms with van der Waals surface area (Å²) in [6.07, 6.45) is 2.67. The van der Waals surface area contributed by atoms with Crippen LogP contribution in [-0.4, -0.2) is 31.2 Å². The standard InChI is InChI=1S/C7H14O3/c1-9-5-10-7-3-2-6(8)4-7/h6-8H,2-5H2,1H3/t6-,7-/m1/s1. The molecule has 0 radical (unpaired) electrons. The third kappa shape index (κ3) is 2.25. The second-order valence-electron chi connectivity index (χ2n) is 2.66. The molecule has 0 aliphatic heterocycles. The van der Waals surface area contributed by atoms with Gasteiger partial charge in [-0.05, 0) is 19.3 Å². The van der Waals surface area contributed by atoms with Crippen molar-refractivity contribution in [2.75, 3.05) is 13.9 Å². The molecular weight excluding hydrogens is 132 g/mol. The van der Waals surface area contributed by atoms with Crippen LogP contribution < -0.4 is 0 Å². The minimum absolute atomic E-state index is 0.151. The normalized spacial score (nSPS) is 33.0. The minimum atomic E-state index is -0.151. The molecule has 0 aromatic heterocycles. The number of aliphatic hydroxyl groups excluding tert-OH is 1. The van der Waals surface area contributed by atoms with E-state index < -0.39 is 0 Å². The number of rotatable bonds is 3. The van der Waals surface area contributed by atoms with E-state index in [2.05, 4.69) is 0 Å². The summed E-state index contributed by atoms with van der Waals surface area (Å²) < 4.78 is 9.98. The quantitative estimate of drug-likeness (QED) is 0.590. The molecule has 10 heavy (non-hydrogen) atoms. The molecule has 3 nitrogen and oxygen atoms in total. The Labute approximate surface area is 60.9 Å². The molecule has 60 valence electrons. The van der Waals surface area contributed by atoms with E-state index in [1.807, 2.05) is 0 Å². The van der Waals surface area contributed by atoms with Crippen LogP contribution >= 0.6 is 0 Å². The fourth-order valence-electron chi connectivity index (χ4n) is 1.23. The Morgan fingerprint density at radius 3 is 2.80 bits per heavy atom. The Balaban J connectivity index is 2.06. The maximum atomic E-state index is 9.08. The molecule has 0 unspecified atom stereocenters. The van der Waals surface area contributed by atoms with Gasteiger partial charge in [-0.25, -0.2) is 0 Å². The summed E-state index contributed by atoms with van der Waals surface area (Å²) in [4.78, 5) is 0. The van der Waals surface area contributed by atoms with Crippen LogP contribution in [0.15, 0.2) is 0 Å². The average molecular weight is 146 g/mol. The van der Waals surface area contributed by atoms with Gasteiger partial charge in [-0.15, -0.1) is 0 Å². The van der Waals surface area contributed by atoms with E-state index in [9.17, 15) is 0 Å². The monoisotopic (exact) mass is 146 g/mol. The topological polar surface area (TPSA) is 38.7 Å². The van der Waals surface area contributed by atoms with E-state index in [1.54, 1.807) is 7.11 Å². The van der Waals surface area contributed by atoms with Crippen molar-refractivity contribution >= 4 is 0 Å². The molecule has 0 aromatic rings. The Hall–Kier alpha value is -0.120. The zero-order chi connectivity index (χ0) is 7.40. The van der Waals surface area contributed by atoms with Gasteiger partial charge in [0.15, 0.2) is 0 Å². The molecule has 0 aromatic carbocycles. The number of ether oxygens (including phenoxy) is 2. The Bertz CT molecular complexity index is 94.9. The highest BCUT2D eigenvalue weighted by Gasteiger charge is 2.22. The molecule has 1 saturated carbocycles. The van der Waals surface area contributed by atoms with Gasteiger partial charge in [0.2, 0.25) is 0 Å². The van der Waals surface area contributed by atoms with Gasteiger partial charge >= 0.3 is 0 Å². The fraction of sp³-hybridized carbons (Fsp3) is 1.00. The van der Waals surface area contributed by atoms with Gasteiger partial charge in [0.1, 0.15) is 6.79 Å². The molecule has 1 fully saturated rings. The summed E-state index contributed by atoms with van der Waals surface area (Å²) in [7, 11) is 1.60. The van der Waals surface area contributed by atoms with Crippen molar-refractivity contribution in [1.29, 1.82) is 0 Å². The molecule has 0 heterocycles. The van der Waals surface area contributed by atoms with Crippen LogP contribution in [0.2, 0.25) is 0 Å². The van der Waals surface area contributed by atoms with Crippen LogP contribution in [0.5, 0.6) is 0 Å². The van der Waals surface area contributed by atoms with E-state index in [-0.39, 0.29) is 12.2 Å². The van der Waals surface area contributed by atoms with Crippen LogP contribution in [0.1, 0.15) is 19.3 Å². The summed E-state index contributed by atoms with van der Waals surface area (Å²) >= 11 is 0. The molecule has 0 spiro atoms. The molecule has 1 aliphatic carbocycles. The van der Waals surface area contributed by atoms with Crippen molar-refractivity contribution in [1.82, 2.24) is 0 Å². The van der Waals surface area contributed by atoms with Crippen LogP contribution in [0.25, 0.3) is 0 Å². The lowest BCUT2D eigenvalue weighted by Crippen LogP contribution is -2.11. The second kappa shape index (κ2) is 3.91. The van der Waals surface area contributed by atoms with Gasteiger partial charge in [-0.1, -0.05) is 0 Å². The van der Waals surface area contributed by atoms with Crippen molar-refractivity contribution in [3.05, 3.63) is 0 Å². The highest BCUT2D eigenvalue weighted by Crippen LogP contribution is 2.21. The van der Waals surface area contributed by atoms with Crippen LogP contribution in [0.3, 0.4) is 0 Å². The first kappa shape index (κ1) is 7.98. The SMILES string of the molecule is COCO[C@@H]1CC[C@@H](O)C1. The lowest BCUT2D eigenvalue weighted by atomic mass is 10.3. The number of hydrogen-bond donors (Lipinski definition) is 1. The number of aliphatic hydroxyl groups is 1. The zero-order valence-corrected chi connectivity index (χ0v) is 6.25. The van der Waals surface area contributed by atoms with Gasteiger partial charge in [0.25, 0.3) is 0 Å². The predicted octanol–water partition coefficient (Wildman–Crippen LogP) is 0.520. The van der Waals surface area contributed by atoms with Gasteiger partial charge in [0.05, 0.1) is 12.2 Å². The van der Waals surface area contributed by atoms with Crippen molar-refractivity contribution in [2.45, 2.75) is 31.5 Å². The minimum Gasteiger partial charge on any atom is -0.393 e. The van der Waals surface area contributed by atoms with E-state index in [0.717, 1.165) is 19.3 Å². The Morgan fingerprint density at radius 2 is 2.30 bits per heavy atom. The molecule has 3 heteroatoms. The Morgan fingerprint density at radius 1 is 1.50 bits per heavy atom. The highest BCUT2D eigenvalue weighted by molar-refractivity contribution is 4.74. The predicted molar refractivity (Wildman–Crippen MR) is 36.6 cm³/mol. The van der Waals surface area contributed by atoms with Crippen LogP contribution in [0.4, 0.5) is 0 Å². The largest absolute Gasteiger partial charge is 0.393 e. The fourth-order valence-corrected chi connectivity index (χ4v) is 1.23. The molecule has 0 amide bonds. The maximum Gasteiger partial charge on any atom is 0.146 e. The molecule has 2 atom stereocenters. The van der Waals surface area contributed by atoms with E-state index >= 15 is 0 Å². The molecule has 0 saturated heterocycles. The smallest absolute Gasteiger partial charge is 0.146 e. The second-order valence-corrected chi connectivity index (χ2v) is 2.66. The van der Waals surface area contributed by atoms with Gasteiger partial charge in [-0.3, -0.25) is 0 Å². The van der Waals surface area contributed by atoms with Crippen molar-refractivity contribution in [3.63, 3.8) is 0 Å². The Kier molecular flexibility index (Phi) is 3.12. The van der Waals surface area contributed by atoms with Gasteiger partial charge in [0, 0.05) is 7.11 Å². The number of methoxy groups -OCH3 is 1. The van der Waals surface area contributed by atoms with Crippen molar-refractivity contribution in [3.8, 4) is 0 Å². The molecule has 1 N–H and O–H groups in total. The molecular formula is C7H14O3. The van der Waals surface area contributed by atoms with E-state index in [4.69, 9.17) is 14.6 Å². The summed E-state index contributed by atoms with van der Waals surface area (Å²) in [5.74, 6) is 0. The van der Waals surface area contributed by atoms with Crippen LogP contribution in [0, 0.1) is 0 Å². The molecule has 1 aliphatic rings. The lowest BCUT2D eigenvalue weighted by Gasteiger charge is -2.08. The summed E-state index contributed by atoms with van der Waals surface area (Å²) in [6.45, 7) is 0.345. The summed E-state index contributed by atoms with van der Waals surface area (Å²) in [5, 5.41) is 9.08. The first-order chi connectivity index (χ1) is 4.83. The molecule has 1 rings (SSSR count). The highest BCUT2D eigenvalue weighted by atomic mass is 16.7.